The minimum atomic E-state index is -0.526. The number of urea groups is 1. The average Bonchev–Trinajstić information content (AvgIpc) is 3.07. The van der Waals surface area contributed by atoms with Gasteiger partial charge in [-0.25, -0.2) is 4.79 Å². The molecule has 0 aromatic heterocycles. The van der Waals surface area contributed by atoms with Gasteiger partial charge in [-0.3, -0.25) is 4.79 Å². The lowest BCUT2D eigenvalue weighted by Crippen LogP contribution is -2.49. The summed E-state index contributed by atoms with van der Waals surface area (Å²) < 4.78 is 5.53. The van der Waals surface area contributed by atoms with Crippen LogP contribution in [-0.4, -0.2) is 47.5 Å². The van der Waals surface area contributed by atoms with Gasteiger partial charge in [-0.15, -0.1) is 0 Å². The molecule has 2 rings (SSSR count). The van der Waals surface area contributed by atoms with Crippen LogP contribution in [0.1, 0.15) is 25.3 Å². The Morgan fingerprint density at radius 1 is 1.50 bits per heavy atom. The summed E-state index contributed by atoms with van der Waals surface area (Å²) in [6.07, 6.45) is 3.16. The third kappa shape index (κ3) is 4.28. The highest BCUT2D eigenvalue weighted by Gasteiger charge is 2.35. The Bertz CT molecular complexity index is 603. The van der Waals surface area contributed by atoms with Crippen molar-refractivity contribution >= 4 is 11.9 Å². The lowest BCUT2D eigenvalue weighted by Gasteiger charge is -2.29. The molecule has 1 heterocycles. The molecule has 0 bridgehead atoms. The molecule has 1 atom stereocenters. The molecule has 1 saturated heterocycles. The first-order valence-electron chi connectivity index (χ1n) is 8.24. The second-order valence-electron chi connectivity index (χ2n) is 5.79. The Morgan fingerprint density at radius 3 is 2.96 bits per heavy atom. The number of nitrogens with zero attached hydrogens (tertiary/aromatic N) is 2. The summed E-state index contributed by atoms with van der Waals surface area (Å²) >= 11 is 0. The van der Waals surface area contributed by atoms with Crippen molar-refractivity contribution in [2.24, 2.45) is 5.73 Å². The Hall–Kier alpha value is -2.50. The summed E-state index contributed by atoms with van der Waals surface area (Å²) in [5.41, 5.74) is 6.36. The first-order valence-corrected chi connectivity index (χ1v) is 8.24. The van der Waals surface area contributed by atoms with Gasteiger partial charge >= 0.3 is 6.03 Å². The fourth-order valence-electron chi connectivity index (χ4n) is 2.95. The van der Waals surface area contributed by atoms with Gasteiger partial charge in [-0.05, 0) is 37.5 Å². The minimum absolute atomic E-state index is 0.0498. The van der Waals surface area contributed by atoms with Crippen LogP contribution >= 0.6 is 0 Å². The Labute approximate surface area is 142 Å². The fraction of sp³-hybridized carbons (Fsp3) is 0.444. The third-order valence-corrected chi connectivity index (χ3v) is 4.15. The number of likely N-dealkylation sites (N-methyl/N-ethyl adjacent to an activating group) is 1. The van der Waals surface area contributed by atoms with Crippen LogP contribution < -0.4 is 10.5 Å². The van der Waals surface area contributed by atoms with Crippen LogP contribution in [0.5, 0.6) is 5.75 Å². The van der Waals surface area contributed by atoms with Crippen molar-refractivity contribution in [2.45, 2.75) is 32.4 Å². The van der Waals surface area contributed by atoms with E-state index in [4.69, 9.17) is 10.5 Å². The molecule has 0 spiro atoms. The van der Waals surface area contributed by atoms with Gasteiger partial charge in [0.2, 0.25) is 5.91 Å². The molecule has 2 N–H and O–H groups in total. The lowest BCUT2D eigenvalue weighted by atomic mass is 10.1. The molecule has 1 aliphatic heterocycles. The van der Waals surface area contributed by atoms with E-state index in [0.29, 0.717) is 32.7 Å². The number of ether oxygens (including phenoxy) is 1. The summed E-state index contributed by atoms with van der Waals surface area (Å²) in [6.45, 7) is 7.59. The van der Waals surface area contributed by atoms with E-state index < -0.39 is 12.1 Å². The number of hydrogen-bond donors (Lipinski definition) is 1. The normalized spacial score (nSPS) is 16.7. The predicted molar refractivity (Wildman–Crippen MR) is 92.5 cm³/mol. The number of rotatable bonds is 7. The molecule has 1 unspecified atom stereocenters. The molecule has 130 valence electrons. The summed E-state index contributed by atoms with van der Waals surface area (Å²) in [5, 5.41) is 0. The zero-order chi connectivity index (χ0) is 17.5. The van der Waals surface area contributed by atoms with Crippen LogP contribution in [0.15, 0.2) is 36.9 Å². The van der Waals surface area contributed by atoms with E-state index in [-0.39, 0.29) is 5.91 Å². The maximum Gasteiger partial charge on any atom is 0.315 e. The highest BCUT2D eigenvalue weighted by Crippen LogP contribution is 2.21. The summed E-state index contributed by atoms with van der Waals surface area (Å²) in [4.78, 5) is 27.5. The van der Waals surface area contributed by atoms with Gasteiger partial charge in [0, 0.05) is 19.6 Å². The van der Waals surface area contributed by atoms with E-state index in [2.05, 4.69) is 6.58 Å². The first kappa shape index (κ1) is 17.8. The van der Waals surface area contributed by atoms with Gasteiger partial charge < -0.3 is 20.3 Å². The molecule has 0 aliphatic carbocycles. The highest BCUT2D eigenvalue weighted by atomic mass is 16.5. The minimum Gasteiger partial charge on any atom is -0.490 e. The van der Waals surface area contributed by atoms with Crippen LogP contribution in [0.25, 0.3) is 0 Å². The molecule has 1 aromatic carbocycles. The van der Waals surface area contributed by atoms with Gasteiger partial charge in [0.1, 0.15) is 18.4 Å². The number of hydrogen-bond acceptors (Lipinski definition) is 3. The van der Waals surface area contributed by atoms with Crippen molar-refractivity contribution in [1.29, 1.82) is 0 Å². The van der Waals surface area contributed by atoms with Crippen molar-refractivity contribution in [3.8, 4) is 5.75 Å². The van der Waals surface area contributed by atoms with Gasteiger partial charge in [-0.2, -0.15) is 0 Å². The zero-order valence-electron chi connectivity index (χ0n) is 14.1. The van der Waals surface area contributed by atoms with E-state index in [1.165, 1.54) is 4.90 Å². The molecule has 3 amide bonds. The average molecular weight is 331 g/mol. The molecule has 6 heteroatoms. The Balaban J connectivity index is 2.07. The van der Waals surface area contributed by atoms with Crippen molar-refractivity contribution in [2.75, 3.05) is 19.7 Å². The fourth-order valence-corrected chi connectivity index (χ4v) is 2.95. The van der Waals surface area contributed by atoms with E-state index in [0.717, 1.165) is 17.7 Å². The van der Waals surface area contributed by atoms with Crippen molar-refractivity contribution < 1.29 is 14.3 Å². The first-order chi connectivity index (χ1) is 11.6. The number of carbonyl (C=O) groups excluding carboxylic acids is 2. The highest BCUT2D eigenvalue weighted by molar-refractivity contribution is 5.87. The second kappa shape index (κ2) is 8.38. The summed E-state index contributed by atoms with van der Waals surface area (Å²) in [5.74, 6) is 0.696. The zero-order valence-corrected chi connectivity index (χ0v) is 14.1. The van der Waals surface area contributed by atoms with Gasteiger partial charge in [0.05, 0.1) is 0 Å². The van der Waals surface area contributed by atoms with Gasteiger partial charge in [-0.1, -0.05) is 24.8 Å². The molecule has 1 aliphatic rings. The van der Waals surface area contributed by atoms with Gasteiger partial charge in [0.15, 0.2) is 0 Å². The maximum atomic E-state index is 12.8. The quantitative estimate of drug-likeness (QED) is 0.778. The summed E-state index contributed by atoms with van der Waals surface area (Å²) in [6, 6.07) is 6.68. The third-order valence-electron chi connectivity index (χ3n) is 4.15. The van der Waals surface area contributed by atoms with Crippen molar-refractivity contribution in [3.63, 3.8) is 0 Å². The van der Waals surface area contributed by atoms with E-state index in [1.54, 1.807) is 11.0 Å². The molecule has 24 heavy (non-hydrogen) atoms. The molecular weight excluding hydrogens is 306 g/mol. The molecule has 1 aromatic rings. The number of carbonyl (C=O) groups is 2. The van der Waals surface area contributed by atoms with Crippen molar-refractivity contribution in [1.82, 2.24) is 9.80 Å². The monoisotopic (exact) mass is 331 g/mol. The number of likely N-dealkylation sites (tertiary alicyclic amines) is 1. The number of benzene rings is 1. The lowest BCUT2D eigenvalue weighted by molar-refractivity contribution is -0.135. The van der Waals surface area contributed by atoms with Crippen molar-refractivity contribution in [3.05, 3.63) is 42.5 Å². The van der Waals surface area contributed by atoms with Crippen LogP contribution in [-0.2, 0) is 11.3 Å². The molecule has 1 fully saturated rings. The molecule has 0 saturated carbocycles. The molecular formula is C18H25N3O3. The predicted octanol–water partition coefficient (Wildman–Crippen LogP) is 2.14. The van der Waals surface area contributed by atoms with E-state index in [1.807, 2.05) is 31.2 Å². The largest absolute Gasteiger partial charge is 0.490 e. The van der Waals surface area contributed by atoms with Crippen LogP contribution in [0.3, 0.4) is 0 Å². The van der Waals surface area contributed by atoms with Crippen LogP contribution in [0.2, 0.25) is 0 Å². The molecule has 6 nitrogen and oxygen atoms in total. The summed E-state index contributed by atoms with van der Waals surface area (Å²) in [7, 11) is 0. The van der Waals surface area contributed by atoms with Crippen LogP contribution in [0.4, 0.5) is 4.79 Å². The standard InChI is InChI=1S/C18H25N3O3/c1-3-11-24-15-8-5-7-14(12-15)13-20(4-2)17(22)16-9-6-10-21(16)18(19)23/h3,5,7-8,12,16H,1,4,6,9-11,13H2,2H3,(H2,19,23). The van der Waals surface area contributed by atoms with E-state index >= 15 is 0 Å². The number of primary amides is 1. The second-order valence-corrected chi connectivity index (χ2v) is 5.79. The Kier molecular flexibility index (Phi) is 6.23. The Morgan fingerprint density at radius 2 is 2.29 bits per heavy atom. The maximum absolute atomic E-state index is 12.8. The molecule has 0 radical (unpaired) electrons. The van der Waals surface area contributed by atoms with Crippen LogP contribution in [0, 0.1) is 0 Å². The SMILES string of the molecule is C=CCOc1cccc(CN(CC)C(=O)C2CCCN2C(N)=O)c1. The number of amides is 3. The number of nitrogens with two attached hydrogens (primary N) is 1. The van der Waals surface area contributed by atoms with E-state index in [9.17, 15) is 9.59 Å². The smallest absolute Gasteiger partial charge is 0.315 e. The topological polar surface area (TPSA) is 75.9 Å². The van der Waals surface area contributed by atoms with Gasteiger partial charge in [0.25, 0.3) is 0 Å².